The number of fused-ring (bicyclic) bond motifs is 1. The summed E-state index contributed by atoms with van der Waals surface area (Å²) in [6.45, 7) is -2.77. The lowest BCUT2D eigenvalue weighted by molar-refractivity contribution is -0.355. The first kappa shape index (κ1) is 31.7. The minimum absolute atomic E-state index is 0.0916. The molecular weight excluding hydrogens is 596 g/mol. The van der Waals surface area contributed by atoms with E-state index < -0.39 is 114 Å². The van der Waals surface area contributed by atoms with Crippen molar-refractivity contribution in [2.75, 3.05) is 19.8 Å². The van der Waals surface area contributed by atoms with Gasteiger partial charge in [0.1, 0.15) is 66.1 Å². The molecule has 0 amide bonds. The number of rotatable bonds is 8. The highest BCUT2D eigenvalue weighted by molar-refractivity contribution is 5.89. The fraction of sp³-hybridized carbons (Fsp3) is 0.444. The number of aliphatic hydroxyl groups is 7. The fourth-order valence-electron chi connectivity index (χ4n) is 5.12. The number of hydrogen-bond acceptors (Lipinski definition) is 17. The Hall–Kier alpha value is -3.75. The van der Waals surface area contributed by atoms with Crippen LogP contribution < -0.4 is 10.2 Å². The van der Waals surface area contributed by atoms with Gasteiger partial charge in [0.25, 0.3) is 0 Å². The van der Waals surface area contributed by atoms with E-state index in [1.807, 2.05) is 0 Å². The second-order valence-electron chi connectivity index (χ2n) is 10.3. The summed E-state index contributed by atoms with van der Waals surface area (Å²) < 4.78 is 27.4. The number of aliphatic hydroxyl groups excluding tert-OH is 7. The molecule has 2 aliphatic heterocycles. The van der Waals surface area contributed by atoms with E-state index >= 15 is 0 Å². The summed E-state index contributed by atoms with van der Waals surface area (Å²) in [4.78, 5) is 13.0. The molecule has 2 aromatic carbocycles. The lowest BCUT2D eigenvalue weighted by atomic mass is 9.97. The third-order valence-electron chi connectivity index (χ3n) is 7.48. The average molecular weight is 627 g/mol. The standard InChI is InChI=1S/C27H30O17/c28-6-16-19(35)25(39)27(8-30,43-16)44-24-17(7-29)41-26(22(38)21(24)37)42-23-13(34)5-15-18(20(23)36)12(33)4-14(40-15)9-1-2-10(31)11(32)3-9/h1-5,16-17,19,21-22,24-26,28-32,34-39H,6-8H2. The summed E-state index contributed by atoms with van der Waals surface area (Å²) in [5, 5.41) is 112. The molecule has 0 bridgehead atoms. The number of benzene rings is 2. The second kappa shape index (κ2) is 12.0. The molecule has 11 N–H and O–H groups in total. The van der Waals surface area contributed by atoms with E-state index in [2.05, 4.69) is 0 Å². The monoisotopic (exact) mass is 626 g/mol. The predicted molar refractivity (Wildman–Crippen MR) is 142 cm³/mol. The molecule has 0 spiro atoms. The maximum absolute atomic E-state index is 13.0. The van der Waals surface area contributed by atoms with Crippen molar-refractivity contribution in [3.63, 3.8) is 0 Å². The smallest absolute Gasteiger partial charge is 0.229 e. The number of ether oxygens (including phenoxy) is 4. The number of hydrogen-bond donors (Lipinski definition) is 11. The van der Waals surface area contributed by atoms with Crippen molar-refractivity contribution < 1.29 is 79.5 Å². The lowest BCUT2D eigenvalue weighted by Gasteiger charge is -2.45. The second-order valence-corrected chi connectivity index (χ2v) is 10.3. The minimum atomic E-state index is -2.40. The third kappa shape index (κ3) is 5.28. The van der Waals surface area contributed by atoms with Gasteiger partial charge >= 0.3 is 0 Å². The van der Waals surface area contributed by atoms with Crippen molar-refractivity contribution in [2.24, 2.45) is 0 Å². The zero-order valence-electron chi connectivity index (χ0n) is 22.5. The van der Waals surface area contributed by atoms with Crippen LogP contribution in [0, 0.1) is 0 Å². The van der Waals surface area contributed by atoms with E-state index in [-0.39, 0.29) is 16.9 Å². The first-order chi connectivity index (χ1) is 20.8. The molecule has 2 fully saturated rings. The van der Waals surface area contributed by atoms with Crippen LogP contribution in [0.15, 0.2) is 39.5 Å². The van der Waals surface area contributed by atoms with Crippen molar-refractivity contribution in [2.45, 2.75) is 54.8 Å². The molecule has 0 radical (unpaired) electrons. The highest BCUT2D eigenvalue weighted by Crippen LogP contribution is 2.44. The highest BCUT2D eigenvalue weighted by atomic mass is 16.8. The number of aromatic hydroxyl groups is 4. The molecule has 1 aromatic heterocycles. The van der Waals surface area contributed by atoms with Gasteiger partial charge < -0.3 is 79.5 Å². The van der Waals surface area contributed by atoms with Crippen molar-refractivity contribution in [3.05, 3.63) is 40.6 Å². The van der Waals surface area contributed by atoms with Gasteiger partial charge in [-0.25, -0.2) is 0 Å². The quantitative estimate of drug-likeness (QED) is 0.113. The molecule has 9 atom stereocenters. The van der Waals surface area contributed by atoms with E-state index in [0.29, 0.717) is 0 Å². The summed E-state index contributed by atoms with van der Waals surface area (Å²) in [7, 11) is 0. The Labute approximate surface area is 246 Å². The van der Waals surface area contributed by atoms with E-state index in [0.717, 1.165) is 24.3 Å². The van der Waals surface area contributed by atoms with Crippen molar-refractivity contribution in [1.82, 2.24) is 0 Å². The van der Waals surface area contributed by atoms with Gasteiger partial charge in [-0.1, -0.05) is 0 Å². The van der Waals surface area contributed by atoms with Gasteiger partial charge in [-0.05, 0) is 18.2 Å². The molecule has 44 heavy (non-hydrogen) atoms. The zero-order chi connectivity index (χ0) is 32.1. The van der Waals surface area contributed by atoms with Crippen molar-refractivity contribution >= 4 is 11.0 Å². The van der Waals surface area contributed by atoms with Crippen LogP contribution in [-0.4, -0.2) is 131 Å². The summed E-state index contributed by atoms with van der Waals surface area (Å²) >= 11 is 0. The molecular formula is C27H30O17. The first-order valence-corrected chi connectivity index (χ1v) is 13.1. The molecule has 2 saturated heterocycles. The van der Waals surface area contributed by atoms with E-state index in [1.165, 1.54) is 6.07 Å². The van der Waals surface area contributed by atoms with Crippen molar-refractivity contribution in [3.8, 4) is 40.1 Å². The Morgan fingerprint density at radius 2 is 1.52 bits per heavy atom. The number of phenols is 4. The maximum atomic E-state index is 13.0. The summed E-state index contributed by atoms with van der Waals surface area (Å²) in [5.41, 5.74) is -0.962. The topological polar surface area (TPSA) is 290 Å². The normalized spacial score (nSPS) is 32.2. The number of phenolic OH excluding ortho intramolecular Hbond substituents is 4. The van der Waals surface area contributed by atoms with Crippen LogP contribution in [0.25, 0.3) is 22.3 Å². The van der Waals surface area contributed by atoms with Crippen LogP contribution in [0.1, 0.15) is 0 Å². The van der Waals surface area contributed by atoms with Gasteiger partial charge in [-0.15, -0.1) is 0 Å². The predicted octanol–water partition coefficient (Wildman–Crippen LogP) is -2.71. The molecule has 0 saturated carbocycles. The van der Waals surface area contributed by atoms with Gasteiger partial charge in [0.2, 0.25) is 17.8 Å². The van der Waals surface area contributed by atoms with Gasteiger partial charge in [-0.3, -0.25) is 4.79 Å². The molecule has 3 aromatic rings. The SMILES string of the molecule is O=c1cc(-c2ccc(O)c(O)c2)oc2cc(O)c(OC3OC(CO)C(OC4(CO)OC(CO)C(O)C4O)C(O)C3O)c(O)c12. The van der Waals surface area contributed by atoms with Crippen LogP contribution in [0.2, 0.25) is 0 Å². The maximum Gasteiger partial charge on any atom is 0.229 e. The van der Waals surface area contributed by atoms with E-state index in [4.69, 9.17) is 23.4 Å². The van der Waals surface area contributed by atoms with Crippen LogP contribution in [0.5, 0.6) is 28.7 Å². The van der Waals surface area contributed by atoms with Crippen LogP contribution in [0.3, 0.4) is 0 Å². The molecule has 5 rings (SSSR count). The average Bonchev–Trinajstić information content (AvgIpc) is 3.24. The zero-order valence-corrected chi connectivity index (χ0v) is 22.5. The summed E-state index contributed by atoms with van der Waals surface area (Å²) in [6.07, 6.45) is -14.3. The Morgan fingerprint density at radius 1 is 0.818 bits per heavy atom. The highest BCUT2D eigenvalue weighted by Gasteiger charge is 2.59. The Balaban J connectivity index is 1.42. The minimum Gasteiger partial charge on any atom is -0.504 e. The molecule has 17 heteroatoms. The van der Waals surface area contributed by atoms with Gasteiger partial charge in [0.05, 0.1) is 13.2 Å². The van der Waals surface area contributed by atoms with Gasteiger partial charge in [0.15, 0.2) is 28.4 Å². The summed E-state index contributed by atoms with van der Waals surface area (Å²) in [5.74, 6) is -5.93. The van der Waals surface area contributed by atoms with Crippen LogP contribution in [0.4, 0.5) is 0 Å². The lowest BCUT2D eigenvalue weighted by Crippen LogP contribution is -2.64. The summed E-state index contributed by atoms with van der Waals surface area (Å²) in [6, 6.07) is 5.48. The Bertz CT molecular complexity index is 1570. The first-order valence-electron chi connectivity index (χ1n) is 13.1. The molecule has 240 valence electrons. The van der Waals surface area contributed by atoms with E-state index in [9.17, 15) is 61.0 Å². The van der Waals surface area contributed by atoms with Gasteiger partial charge in [-0.2, -0.15) is 0 Å². The molecule has 3 heterocycles. The van der Waals surface area contributed by atoms with Gasteiger partial charge in [0, 0.05) is 17.7 Å². The van der Waals surface area contributed by atoms with Crippen molar-refractivity contribution in [1.29, 1.82) is 0 Å². The Kier molecular flexibility index (Phi) is 8.62. The third-order valence-corrected chi connectivity index (χ3v) is 7.48. The van der Waals surface area contributed by atoms with Crippen LogP contribution in [-0.2, 0) is 14.2 Å². The Morgan fingerprint density at radius 3 is 2.14 bits per heavy atom. The molecule has 9 unspecified atom stereocenters. The molecule has 0 aliphatic carbocycles. The molecule has 17 nitrogen and oxygen atoms in total. The molecule has 2 aliphatic rings. The van der Waals surface area contributed by atoms with E-state index in [1.54, 1.807) is 0 Å². The fourth-order valence-corrected chi connectivity index (χ4v) is 5.12. The van der Waals surface area contributed by atoms with Crippen LogP contribution >= 0.6 is 0 Å². The largest absolute Gasteiger partial charge is 0.504 e.